The van der Waals surface area contributed by atoms with Crippen molar-refractivity contribution in [1.29, 1.82) is 0 Å². The maximum atomic E-state index is 10.5. The smallest absolute Gasteiger partial charge is 0.119 e. The molecule has 0 aromatic heterocycles. The first-order valence-electron chi connectivity index (χ1n) is 17.4. The lowest BCUT2D eigenvalue weighted by atomic mass is 10.2. The fourth-order valence-electron chi connectivity index (χ4n) is 4.28. The molecule has 4 rings (SSSR count). The molecule has 1 fully saturated rings. The minimum atomic E-state index is -0.719. The molecule has 0 amide bonds. The molecule has 51 heavy (non-hydrogen) atoms. The predicted molar refractivity (Wildman–Crippen MR) is 198 cm³/mol. The quantitative estimate of drug-likeness (QED) is 0.0919. The summed E-state index contributed by atoms with van der Waals surface area (Å²) in [6, 6.07) is 28.7. The van der Waals surface area contributed by atoms with Gasteiger partial charge in [-0.15, -0.1) is 0 Å². The van der Waals surface area contributed by atoms with Crippen LogP contribution in [0.3, 0.4) is 0 Å². The van der Waals surface area contributed by atoms with Gasteiger partial charge in [0.2, 0.25) is 0 Å². The third-order valence-corrected chi connectivity index (χ3v) is 7.07. The molecule has 1 heterocycles. The number of para-hydroxylation sites is 3. The van der Waals surface area contributed by atoms with E-state index in [1.165, 1.54) is 0 Å². The van der Waals surface area contributed by atoms with Crippen LogP contribution in [0.2, 0.25) is 0 Å². The van der Waals surface area contributed by atoms with Crippen LogP contribution in [-0.2, 0) is 23.7 Å². The monoisotopic (exact) mass is 716 g/mol. The number of rotatable bonds is 24. The van der Waals surface area contributed by atoms with E-state index in [9.17, 15) is 10.2 Å². The van der Waals surface area contributed by atoms with Gasteiger partial charge in [-0.1, -0.05) is 54.6 Å². The van der Waals surface area contributed by atoms with Gasteiger partial charge in [-0.2, -0.15) is 0 Å². The lowest BCUT2D eigenvalue weighted by molar-refractivity contribution is -0.0122. The Morgan fingerprint density at radius 3 is 1.45 bits per heavy atom. The fourth-order valence-corrected chi connectivity index (χ4v) is 4.28. The number of nitrogens with zero attached hydrogens (tertiary/aromatic N) is 1. The van der Waals surface area contributed by atoms with E-state index in [2.05, 4.69) is 0 Å². The Hall–Kier alpha value is -3.30. The van der Waals surface area contributed by atoms with Gasteiger partial charge >= 0.3 is 0 Å². The SMILES string of the molecule is COCCOCC(C)N.COCCOCC(C)N(CC(O)COc1ccccc1)CC(O)COc1ccccc1.c1ccc(OCC2CO2)cc1. The molecule has 5 unspecified atom stereocenters. The zero-order valence-corrected chi connectivity index (χ0v) is 30.7. The van der Waals surface area contributed by atoms with Crippen LogP contribution < -0.4 is 19.9 Å². The van der Waals surface area contributed by atoms with Crippen LogP contribution in [-0.4, -0.2) is 139 Å². The first kappa shape index (κ1) is 43.9. The minimum Gasteiger partial charge on any atom is -0.491 e. The number of nitrogens with two attached hydrogens (primary N) is 1. The molecule has 12 heteroatoms. The summed E-state index contributed by atoms with van der Waals surface area (Å²) in [7, 11) is 3.28. The third-order valence-electron chi connectivity index (χ3n) is 7.07. The average Bonchev–Trinajstić information content (AvgIpc) is 3.99. The Morgan fingerprint density at radius 1 is 0.647 bits per heavy atom. The number of hydrogen-bond donors (Lipinski definition) is 3. The van der Waals surface area contributed by atoms with Gasteiger partial charge in [0.25, 0.3) is 0 Å². The molecule has 1 aliphatic rings. The Kier molecular flexibility index (Phi) is 24.3. The highest BCUT2D eigenvalue weighted by molar-refractivity contribution is 5.22. The molecular weight excluding hydrogens is 656 g/mol. The van der Waals surface area contributed by atoms with Crippen LogP contribution in [0.5, 0.6) is 17.2 Å². The molecule has 4 N–H and O–H groups in total. The summed E-state index contributed by atoms with van der Waals surface area (Å²) in [6.45, 7) is 9.82. The number of epoxide rings is 1. The van der Waals surface area contributed by atoms with E-state index >= 15 is 0 Å². The van der Waals surface area contributed by atoms with Crippen molar-refractivity contribution in [2.75, 3.05) is 93.4 Å². The van der Waals surface area contributed by atoms with Crippen LogP contribution in [0.1, 0.15) is 13.8 Å². The van der Waals surface area contributed by atoms with E-state index in [1.807, 2.05) is 110 Å². The second-order valence-corrected chi connectivity index (χ2v) is 12.1. The lowest BCUT2D eigenvalue weighted by Gasteiger charge is -2.32. The van der Waals surface area contributed by atoms with E-state index in [0.717, 1.165) is 12.4 Å². The number of ether oxygens (including phenoxy) is 8. The van der Waals surface area contributed by atoms with Crippen LogP contribution in [0, 0.1) is 0 Å². The Labute approximate surface area is 304 Å². The van der Waals surface area contributed by atoms with Gasteiger partial charge in [-0.05, 0) is 50.2 Å². The van der Waals surface area contributed by atoms with Crippen molar-refractivity contribution in [1.82, 2.24) is 4.90 Å². The van der Waals surface area contributed by atoms with Crippen molar-refractivity contribution in [3.8, 4) is 17.2 Å². The fraction of sp³-hybridized carbons (Fsp3) is 0.538. The second-order valence-electron chi connectivity index (χ2n) is 12.1. The van der Waals surface area contributed by atoms with Crippen LogP contribution >= 0.6 is 0 Å². The Morgan fingerprint density at radius 2 is 1.06 bits per heavy atom. The normalized spacial score (nSPS) is 15.6. The highest BCUT2D eigenvalue weighted by Crippen LogP contribution is 2.14. The summed E-state index contributed by atoms with van der Waals surface area (Å²) >= 11 is 0. The molecule has 0 aliphatic carbocycles. The van der Waals surface area contributed by atoms with E-state index in [4.69, 9.17) is 43.6 Å². The molecule has 3 aromatic carbocycles. The maximum Gasteiger partial charge on any atom is 0.119 e. The van der Waals surface area contributed by atoms with Crippen molar-refractivity contribution in [2.24, 2.45) is 5.73 Å². The molecule has 3 aromatic rings. The lowest BCUT2D eigenvalue weighted by Crippen LogP contribution is -2.47. The molecule has 1 saturated heterocycles. The standard InChI is InChI=1S/C24H35NO6.C9H10O2.C6H15NO2/c1-20(17-29-14-13-28-2)25(15-21(26)18-30-23-9-5-3-6-10-23)16-22(27)19-31-24-11-7-4-8-12-24;1-2-4-8(5-3-1)10-6-9-7-11-9;1-6(7)5-9-4-3-8-2/h3-12,20-22,26-27H,13-19H2,1-2H3;1-5,9H,6-7H2;6H,3-5,7H2,1-2H3. The molecule has 0 radical (unpaired) electrons. The van der Waals surface area contributed by atoms with Crippen molar-refractivity contribution in [3.05, 3.63) is 91.0 Å². The molecular formula is C39H60N2O10. The maximum absolute atomic E-state index is 10.5. The number of methoxy groups -OCH3 is 2. The van der Waals surface area contributed by atoms with Crippen molar-refractivity contribution >= 4 is 0 Å². The second kappa shape index (κ2) is 28.3. The Balaban J connectivity index is 0.000000362. The van der Waals surface area contributed by atoms with E-state index in [0.29, 0.717) is 76.9 Å². The molecule has 0 bridgehead atoms. The van der Waals surface area contributed by atoms with Gasteiger partial charge in [0.1, 0.15) is 55.4 Å². The zero-order valence-electron chi connectivity index (χ0n) is 30.7. The van der Waals surface area contributed by atoms with Gasteiger partial charge in [-0.3, -0.25) is 4.90 Å². The van der Waals surface area contributed by atoms with E-state index < -0.39 is 12.2 Å². The van der Waals surface area contributed by atoms with Crippen molar-refractivity contribution in [2.45, 2.75) is 44.2 Å². The minimum absolute atomic E-state index is 0.0189. The third kappa shape index (κ3) is 23.7. The summed E-state index contributed by atoms with van der Waals surface area (Å²) in [5.41, 5.74) is 5.41. The number of aliphatic hydroxyl groups excluding tert-OH is 2. The molecule has 0 saturated carbocycles. The summed E-state index contributed by atoms with van der Waals surface area (Å²) in [5, 5.41) is 21.0. The summed E-state index contributed by atoms with van der Waals surface area (Å²) < 4.78 is 42.2. The number of benzene rings is 3. The zero-order chi connectivity index (χ0) is 36.9. The summed E-state index contributed by atoms with van der Waals surface area (Å²) in [5.74, 6) is 2.34. The molecule has 1 aliphatic heterocycles. The van der Waals surface area contributed by atoms with E-state index in [-0.39, 0.29) is 25.3 Å². The van der Waals surface area contributed by atoms with Gasteiger partial charge in [0.15, 0.2) is 0 Å². The molecule has 0 spiro atoms. The van der Waals surface area contributed by atoms with Gasteiger partial charge in [-0.25, -0.2) is 0 Å². The summed E-state index contributed by atoms with van der Waals surface area (Å²) in [6.07, 6.45) is -1.09. The van der Waals surface area contributed by atoms with Gasteiger partial charge < -0.3 is 53.8 Å². The number of aliphatic hydroxyl groups is 2. The Bertz CT molecular complexity index is 1140. The van der Waals surface area contributed by atoms with Crippen molar-refractivity contribution in [3.63, 3.8) is 0 Å². The molecule has 286 valence electrons. The topological polar surface area (TPSA) is 147 Å². The van der Waals surface area contributed by atoms with Gasteiger partial charge in [0, 0.05) is 39.4 Å². The summed E-state index contributed by atoms with van der Waals surface area (Å²) in [4.78, 5) is 1.99. The molecule has 5 atom stereocenters. The largest absolute Gasteiger partial charge is 0.491 e. The van der Waals surface area contributed by atoms with Crippen LogP contribution in [0.25, 0.3) is 0 Å². The first-order valence-corrected chi connectivity index (χ1v) is 17.4. The van der Waals surface area contributed by atoms with Gasteiger partial charge in [0.05, 0.1) is 46.2 Å². The molecule has 12 nitrogen and oxygen atoms in total. The van der Waals surface area contributed by atoms with Crippen molar-refractivity contribution < 1.29 is 48.1 Å². The number of hydrogen-bond acceptors (Lipinski definition) is 12. The average molecular weight is 717 g/mol. The highest BCUT2D eigenvalue weighted by Gasteiger charge is 2.23. The first-order chi connectivity index (χ1) is 24.8. The van der Waals surface area contributed by atoms with E-state index in [1.54, 1.807) is 14.2 Å². The van der Waals surface area contributed by atoms with Crippen LogP contribution in [0.4, 0.5) is 0 Å². The predicted octanol–water partition coefficient (Wildman–Crippen LogP) is 3.68. The van der Waals surface area contributed by atoms with Crippen LogP contribution in [0.15, 0.2) is 91.0 Å². The highest BCUT2D eigenvalue weighted by atomic mass is 16.6.